The molecule has 1 rings (SSSR count). The van der Waals surface area contributed by atoms with Gasteiger partial charge < -0.3 is 5.11 Å². The van der Waals surface area contributed by atoms with Crippen molar-refractivity contribution in [2.24, 2.45) is 0 Å². The van der Waals surface area contributed by atoms with E-state index in [1.54, 1.807) is 0 Å². The van der Waals surface area contributed by atoms with Gasteiger partial charge in [0.1, 0.15) is 0 Å². The summed E-state index contributed by atoms with van der Waals surface area (Å²) in [6, 6.07) is 2.64. The average Bonchev–Trinajstić information content (AvgIpc) is 2.19. The highest BCUT2D eigenvalue weighted by molar-refractivity contribution is 5.89. The maximum absolute atomic E-state index is 12.2. The molecule has 2 nitrogen and oxygen atoms in total. The number of rotatable bonds is 1. The van der Waals surface area contributed by atoms with Crippen molar-refractivity contribution in [3.63, 3.8) is 0 Å². The van der Waals surface area contributed by atoms with Crippen LogP contribution < -0.4 is 0 Å². The number of carbonyl (C=O) groups is 1. The summed E-state index contributed by atoms with van der Waals surface area (Å²) in [6.07, 6.45) is -4.50. The van der Waals surface area contributed by atoms with Gasteiger partial charge in [-0.15, -0.1) is 0 Å². The van der Waals surface area contributed by atoms with Crippen molar-refractivity contribution in [3.05, 3.63) is 34.9 Å². The van der Waals surface area contributed by atoms with Crippen LogP contribution in [-0.4, -0.2) is 11.1 Å². The third-order valence-corrected chi connectivity index (χ3v) is 1.80. The summed E-state index contributed by atoms with van der Waals surface area (Å²) in [6.45, 7) is 5.45. The highest BCUT2D eigenvalue weighted by Gasteiger charge is 2.31. The van der Waals surface area contributed by atoms with Gasteiger partial charge in [0.05, 0.1) is 11.1 Å². The fraction of sp³-hybridized carbons (Fsp3) is 0.364. The first kappa shape index (κ1) is 14.5. The van der Waals surface area contributed by atoms with Crippen molar-refractivity contribution < 1.29 is 23.1 Å². The van der Waals surface area contributed by atoms with Crippen molar-refractivity contribution in [3.8, 4) is 0 Å². The van der Waals surface area contributed by atoms with Crippen molar-refractivity contribution in [2.45, 2.75) is 26.9 Å². The van der Waals surface area contributed by atoms with Gasteiger partial charge in [-0.2, -0.15) is 13.2 Å². The van der Waals surface area contributed by atoms with Crippen molar-refractivity contribution in [2.75, 3.05) is 0 Å². The summed E-state index contributed by atoms with van der Waals surface area (Å²) >= 11 is 0. The summed E-state index contributed by atoms with van der Waals surface area (Å²) in [5.74, 6) is -1.35. The van der Waals surface area contributed by atoms with Gasteiger partial charge in [0.2, 0.25) is 0 Å². The molecule has 0 aliphatic heterocycles. The van der Waals surface area contributed by atoms with Crippen LogP contribution in [0.5, 0.6) is 0 Å². The van der Waals surface area contributed by atoms with Crippen LogP contribution >= 0.6 is 0 Å². The fourth-order valence-electron chi connectivity index (χ4n) is 1.03. The van der Waals surface area contributed by atoms with Gasteiger partial charge in [-0.25, -0.2) is 4.79 Å². The van der Waals surface area contributed by atoms with Gasteiger partial charge in [-0.1, -0.05) is 19.9 Å². The van der Waals surface area contributed by atoms with Crippen LogP contribution in [0, 0.1) is 6.92 Å². The van der Waals surface area contributed by atoms with Crippen molar-refractivity contribution in [1.29, 1.82) is 0 Å². The van der Waals surface area contributed by atoms with E-state index in [1.165, 1.54) is 6.92 Å². The molecule has 0 heterocycles. The van der Waals surface area contributed by atoms with Gasteiger partial charge in [-0.05, 0) is 24.6 Å². The van der Waals surface area contributed by atoms with Crippen LogP contribution in [0.3, 0.4) is 0 Å². The fourth-order valence-corrected chi connectivity index (χ4v) is 1.03. The number of alkyl halides is 3. The molecule has 90 valence electrons. The summed E-state index contributed by atoms with van der Waals surface area (Å²) in [4.78, 5) is 10.5. The maximum Gasteiger partial charge on any atom is 0.416 e. The van der Waals surface area contributed by atoms with Crippen LogP contribution in [0.2, 0.25) is 0 Å². The summed E-state index contributed by atoms with van der Waals surface area (Å²) in [7, 11) is 0. The van der Waals surface area contributed by atoms with E-state index >= 15 is 0 Å². The Balaban J connectivity index is 0.00000106. The van der Waals surface area contributed by atoms with Gasteiger partial charge in [-0.3, -0.25) is 0 Å². The number of aromatic carboxylic acids is 1. The van der Waals surface area contributed by atoms with E-state index in [9.17, 15) is 18.0 Å². The minimum Gasteiger partial charge on any atom is -0.478 e. The molecule has 0 aromatic heterocycles. The van der Waals surface area contributed by atoms with Gasteiger partial charge >= 0.3 is 12.1 Å². The molecule has 0 atom stereocenters. The first-order valence-electron chi connectivity index (χ1n) is 4.73. The molecule has 1 aromatic carbocycles. The minimum atomic E-state index is -4.50. The molecule has 0 aliphatic carbocycles. The molecule has 0 spiro atoms. The number of aryl methyl sites for hydroxylation is 1. The standard InChI is InChI=1S/C9H7F3O2.C2H6/c1-5-2-3-6(9(10,11)12)4-7(5)8(13)14;1-2/h2-4H,1H3,(H,13,14);1-2H3. The number of carboxylic acids is 1. The zero-order chi connectivity index (χ0) is 12.9. The molecule has 16 heavy (non-hydrogen) atoms. The maximum atomic E-state index is 12.2. The van der Waals surface area contributed by atoms with E-state index in [4.69, 9.17) is 5.11 Å². The van der Waals surface area contributed by atoms with Gasteiger partial charge in [0.15, 0.2) is 0 Å². The van der Waals surface area contributed by atoms with E-state index in [1.807, 2.05) is 13.8 Å². The van der Waals surface area contributed by atoms with E-state index in [2.05, 4.69) is 0 Å². The molecule has 0 amide bonds. The third-order valence-electron chi connectivity index (χ3n) is 1.80. The Morgan fingerprint density at radius 3 is 2.12 bits per heavy atom. The quantitative estimate of drug-likeness (QED) is 0.803. The van der Waals surface area contributed by atoms with E-state index in [-0.39, 0.29) is 5.56 Å². The van der Waals surface area contributed by atoms with Crippen LogP contribution in [0.1, 0.15) is 35.3 Å². The number of hydrogen-bond acceptors (Lipinski definition) is 1. The Bertz CT molecular complexity index is 370. The average molecular weight is 234 g/mol. The Kier molecular flexibility index (Phi) is 5.01. The highest BCUT2D eigenvalue weighted by Crippen LogP contribution is 2.30. The monoisotopic (exact) mass is 234 g/mol. The molecular formula is C11H13F3O2. The summed E-state index contributed by atoms with van der Waals surface area (Å²) in [5, 5.41) is 8.59. The molecule has 0 fully saturated rings. The molecular weight excluding hydrogens is 221 g/mol. The molecule has 0 bridgehead atoms. The lowest BCUT2D eigenvalue weighted by Crippen LogP contribution is -2.08. The predicted molar refractivity (Wildman–Crippen MR) is 54.5 cm³/mol. The second-order valence-electron chi connectivity index (χ2n) is 2.83. The molecule has 0 unspecified atom stereocenters. The first-order chi connectivity index (χ1) is 7.32. The molecule has 1 aromatic rings. The van der Waals surface area contributed by atoms with Crippen molar-refractivity contribution in [1.82, 2.24) is 0 Å². The van der Waals surface area contributed by atoms with Crippen LogP contribution in [0.4, 0.5) is 13.2 Å². The third kappa shape index (κ3) is 3.56. The Morgan fingerprint density at radius 2 is 1.75 bits per heavy atom. The highest BCUT2D eigenvalue weighted by atomic mass is 19.4. The Hall–Kier alpha value is -1.52. The lowest BCUT2D eigenvalue weighted by atomic mass is 10.1. The van der Waals surface area contributed by atoms with Crippen LogP contribution in [0.25, 0.3) is 0 Å². The smallest absolute Gasteiger partial charge is 0.416 e. The SMILES string of the molecule is CC.Cc1ccc(C(F)(F)F)cc1C(=O)O. The van der Waals surface area contributed by atoms with Gasteiger partial charge in [0, 0.05) is 0 Å². The van der Waals surface area contributed by atoms with Crippen LogP contribution in [0.15, 0.2) is 18.2 Å². The van der Waals surface area contributed by atoms with E-state index < -0.39 is 17.7 Å². The second kappa shape index (κ2) is 5.53. The second-order valence-corrected chi connectivity index (χ2v) is 2.83. The Morgan fingerprint density at radius 1 is 1.25 bits per heavy atom. The zero-order valence-electron chi connectivity index (χ0n) is 9.22. The lowest BCUT2D eigenvalue weighted by molar-refractivity contribution is -0.137. The summed E-state index contributed by atoms with van der Waals surface area (Å²) < 4.78 is 36.5. The van der Waals surface area contributed by atoms with Crippen LogP contribution in [-0.2, 0) is 6.18 Å². The van der Waals surface area contributed by atoms with E-state index in [0.717, 1.165) is 12.1 Å². The zero-order valence-corrected chi connectivity index (χ0v) is 9.22. The topological polar surface area (TPSA) is 37.3 Å². The number of carboxylic acid groups (broad SMARTS) is 1. The van der Waals surface area contributed by atoms with Gasteiger partial charge in [0.25, 0.3) is 0 Å². The predicted octanol–water partition coefficient (Wildman–Crippen LogP) is 3.74. The van der Waals surface area contributed by atoms with E-state index in [0.29, 0.717) is 11.6 Å². The number of hydrogen-bond donors (Lipinski definition) is 1. The largest absolute Gasteiger partial charge is 0.478 e. The Labute approximate surface area is 91.7 Å². The molecule has 0 saturated carbocycles. The normalized spacial score (nSPS) is 10.4. The molecule has 5 heteroatoms. The summed E-state index contributed by atoms with van der Waals surface area (Å²) in [5.41, 5.74) is -0.953. The van der Waals surface area contributed by atoms with Crippen molar-refractivity contribution >= 4 is 5.97 Å². The molecule has 0 aliphatic rings. The number of halogens is 3. The molecule has 0 saturated heterocycles. The lowest BCUT2D eigenvalue weighted by Gasteiger charge is -2.08. The first-order valence-corrected chi connectivity index (χ1v) is 4.73. The number of benzene rings is 1. The molecule has 0 radical (unpaired) electrons. The minimum absolute atomic E-state index is 0.311. The molecule has 1 N–H and O–H groups in total.